The van der Waals surface area contributed by atoms with E-state index in [-0.39, 0.29) is 0 Å². The summed E-state index contributed by atoms with van der Waals surface area (Å²) >= 11 is 0. The van der Waals surface area contributed by atoms with E-state index in [1.165, 1.54) is 58.4 Å². The Hall–Kier alpha value is -0.120. The molecule has 0 bridgehead atoms. The van der Waals surface area contributed by atoms with Gasteiger partial charge in [-0.1, -0.05) is 34.6 Å². The fourth-order valence-electron chi connectivity index (χ4n) is 4.29. The monoisotopic (exact) mass is 295 g/mol. The Morgan fingerprint density at radius 1 is 1.19 bits per heavy atom. The van der Waals surface area contributed by atoms with Crippen LogP contribution in [0.3, 0.4) is 0 Å². The molecule has 2 aliphatic rings. The quantitative estimate of drug-likeness (QED) is 0.841. The molecule has 0 aromatic heterocycles. The Morgan fingerprint density at radius 3 is 2.48 bits per heavy atom. The highest BCUT2D eigenvalue weighted by atomic mass is 15.3. The summed E-state index contributed by atoms with van der Waals surface area (Å²) in [6.45, 7) is 18.0. The highest BCUT2D eigenvalue weighted by molar-refractivity contribution is 5.00. The average molecular weight is 296 g/mol. The fraction of sp³-hybridized carbons (Fsp3) is 1.00. The maximum atomic E-state index is 3.90. The molecule has 0 radical (unpaired) electrons. The van der Waals surface area contributed by atoms with Gasteiger partial charge in [0, 0.05) is 37.3 Å². The number of likely N-dealkylation sites (N-methyl/N-ethyl adjacent to an activating group) is 1. The Kier molecular flexibility index (Phi) is 6.10. The second kappa shape index (κ2) is 7.43. The van der Waals surface area contributed by atoms with Crippen molar-refractivity contribution in [2.75, 3.05) is 32.7 Å². The molecule has 2 saturated heterocycles. The van der Waals surface area contributed by atoms with Gasteiger partial charge in [0.25, 0.3) is 0 Å². The molecular weight excluding hydrogens is 258 g/mol. The van der Waals surface area contributed by atoms with Crippen molar-refractivity contribution < 1.29 is 0 Å². The van der Waals surface area contributed by atoms with Crippen LogP contribution in [-0.2, 0) is 0 Å². The summed E-state index contributed by atoms with van der Waals surface area (Å²) < 4.78 is 0. The number of rotatable bonds is 5. The van der Waals surface area contributed by atoms with Crippen LogP contribution in [0.2, 0.25) is 0 Å². The molecule has 2 atom stereocenters. The van der Waals surface area contributed by atoms with Gasteiger partial charge in [-0.15, -0.1) is 0 Å². The summed E-state index contributed by atoms with van der Waals surface area (Å²) in [5, 5.41) is 3.90. The van der Waals surface area contributed by atoms with Crippen LogP contribution < -0.4 is 5.32 Å². The van der Waals surface area contributed by atoms with Crippen LogP contribution in [0.5, 0.6) is 0 Å². The predicted molar refractivity (Wildman–Crippen MR) is 91.8 cm³/mol. The van der Waals surface area contributed by atoms with Crippen molar-refractivity contribution in [1.29, 1.82) is 0 Å². The van der Waals surface area contributed by atoms with Gasteiger partial charge in [0.05, 0.1) is 0 Å². The van der Waals surface area contributed by atoms with Crippen LogP contribution in [0.25, 0.3) is 0 Å². The molecule has 2 fully saturated rings. The number of piperidine rings is 1. The fourth-order valence-corrected chi connectivity index (χ4v) is 4.29. The number of hydrogen-bond acceptors (Lipinski definition) is 3. The third-order valence-electron chi connectivity index (χ3n) is 6.12. The second-order valence-corrected chi connectivity index (χ2v) is 7.54. The molecule has 1 N–H and O–H groups in total. The minimum Gasteiger partial charge on any atom is -0.308 e. The Bertz CT molecular complexity index is 312. The Balaban J connectivity index is 2.13. The minimum absolute atomic E-state index is 0.347. The summed E-state index contributed by atoms with van der Waals surface area (Å²) in [4.78, 5) is 5.53. The van der Waals surface area contributed by atoms with E-state index in [2.05, 4.69) is 49.7 Å². The SMILES string of the molecule is CCN1CCCC(N2CC(CC)(CC)NCC2C(C)C)C1. The molecule has 2 unspecified atom stereocenters. The van der Waals surface area contributed by atoms with Crippen molar-refractivity contribution in [3.63, 3.8) is 0 Å². The number of nitrogens with zero attached hydrogens (tertiary/aromatic N) is 2. The molecule has 0 spiro atoms. The molecule has 2 aliphatic heterocycles. The van der Waals surface area contributed by atoms with Gasteiger partial charge in [0.15, 0.2) is 0 Å². The summed E-state index contributed by atoms with van der Waals surface area (Å²) in [6, 6.07) is 1.48. The molecule has 21 heavy (non-hydrogen) atoms. The van der Waals surface area contributed by atoms with Gasteiger partial charge in [0.2, 0.25) is 0 Å². The molecule has 124 valence electrons. The van der Waals surface area contributed by atoms with E-state index >= 15 is 0 Å². The summed E-state index contributed by atoms with van der Waals surface area (Å²) in [7, 11) is 0. The first-order chi connectivity index (χ1) is 10.0. The zero-order valence-corrected chi connectivity index (χ0v) is 15.0. The predicted octanol–water partition coefficient (Wildman–Crippen LogP) is 2.96. The smallest absolute Gasteiger partial charge is 0.0304 e. The van der Waals surface area contributed by atoms with Gasteiger partial charge < -0.3 is 10.2 Å². The molecule has 3 nitrogen and oxygen atoms in total. The third kappa shape index (κ3) is 3.80. The maximum Gasteiger partial charge on any atom is 0.0304 e. The van der Waals surface area contributed by atoms with Gasteiger partial charge in [-0.3, -0.25) is 4.90 Å². The molecule has 3 heteroatoms. The zero-order valence-electron chi connectivity index (χ0n) is 15.0. The normalized spacial score (nSPS) is 31.7. The first-order valence-corrected chi connectivity index (χ1v) is 9.28. The van der Waals surface area contributed by atoms with Crippen LogP contribution in [0.4, 0.5) is 0 Å². The molecule has 2 heterocycles. The van der Waals surface area contributed by atoms with Crippen LogP contribution in [0.1, 0.15) is 60.3 Å². The maximum absolute atomic E-state index is 3.90. The standard InChI is InChI=1S/C18H37N3/c1-6-18(7-2)14-21(17(12-19-18)15(4)5)16-10-9-11-20(8-3)13-16/h15-17,19H,6-14H2,1-5H3. The minimum atomic E-state index is 0.347. The van der Waals surface area contributed by atoms with Crippen LogP contribution in [-0.4, -0.2) is 60.1 Å². The van der Waals surface area contributed by atoms with Crippen molar-refractivity contribution in [3.05, 3.63) is 0 Å². The summed E-state index contributed by atoms with van der Waals surface area (Å²) in [5.74, 6) is 0.737. The average Bonchev–Trinajstić information content (AvgIpc) is 2.54. The van der Waals surface area contributed by atoms with Gasteiger partial charge in [-0.2, -0.15) is 0 Å². The van der Waals surface area contributed by atoms with Crippen molar-refractivity contribution in [3.8, 4) is 0 Å². The van der Waals surface area contributed by atoms with E-state index in [0.717, 1.165) is 12.0 Å². The van der Waals surface area contributed by atoms with Gasteiger partial charge >= 0.3 is 0 Å². The second-order valence-electron chi connectivity index (χ2n) is 7.54. The van der Waals surface area contributed by atoms with E-state index < -0.39 is 0 Å². The first kappa shape index (κ1) is 17.2. The largest absolute Gasteiger partial charge is 0.308 e. The number of piperazine rings is 1. The van der Waals surface area contributed by atoms with Crippen LogP contribution >= 0.6 is 0 Å². The number of nitrogens with one attached hydrogen (secondary N) is 1. The topological polar surface area (TPSA) is 18.5 Å². The number of hydrogen-bond donors (Lipinski definition) is 1. The third-order valence-corrected chi connectivity index (χ3v) is 6.12. The first-order valence-electron chi connectivity index (χ1n) is 9.28. The molecule has 2 rings (SSSR count). The van der Waals surface area contributed by atoms with E-state index in [9.17, 15) is 0 Å². The van der Waals surface area contributed by atoms with Crippen molar-refractivity contribution in [1.82, 2.24) is 15.1 Å². The Morgan fingerprint density at radius 2 is 1.90 bits per heavy atom. The Labute approximate surface area is 132 Å². The van der Waals surface area contributed by atoms with Gasteiger partial charge in [-0.25, -0.2) is 0 Å². The highest BCUT2D eigenvalue weighted by Crippen LogP contribution is 2.30. The van der Waals surface area contributed by atoms with Crippen molar-refractivity contribution in [2.24, 2.45) is 5.92 Å². The molecule has 0 saturated carbocycles. The lowest BCUT2D eigenvalue weighted by Crippen LogP contribution is -2.68. The molecule has 0 aliphatic carbocycles. The number of likely N-dealkylation sites (tertiary alicyclic amines) is 1. The molecule has 0 aromatic rings. The lowest BCUT2D eigenvalue weighted by molar-refractivity contribution is -0.00904. The van der Waals surface area contributed by atoms with E-state index in [4.69, 9.17) is 0 Å². The molecular formula is C18H37N3. The van der Waals surface area contributed by atoms with Crippen molar-refractivity contribution >= 4 is 0 Å². The summed E-state index contributed by atoms with van der Waals surface area (Å²) in [6.07, 6.45) is 5.26. The lowest BCUT2D eigenvalue weighted by atomic mass is 9.84. The van der Waals surface area contributed by atoms with Gasteiger partial charge in [-0.05, 0) is 44.7 Å². The highest BCUT2D eigenvalue weighted by Gasteiger charge is 2.41. The van der Waals surface area contributed by atoms with Crippen molar-refractivity contribution in [2.45, 2.75) is 77.9 Å². The molecule has 0 amide bonds. The van der Waals surface area contributed by atoms with E-state index in [0.29, 0.717) is 11.6 Å². The zero-order chi connectivity index (χ0) is 15.5. The van der Waals surface area contributed by atoms with Crippen LogP contribution in [0, 0.1) is 5.92 Å². The molecule has 0 aromatic carbocycles. The van der Waals surface area contributed by atoms with Gasteiger partial charge in [0.1, 0.15) is 0 Å². The van der Waals surface area contributed by atoms with E-state index in [1.54, 1.807) is 0 Å². The lowest BCUT2D eigenvalue weighted by Gasteiger charge is -2.53. The van der Waals surface area contributed by atoms with Crippen LogP contribution in [0.15, 0.2) is 0 Å². The van der Waals surface area contributed by atoms with E-state index in [1.807, 2.05) is 0 Å². The summed E-state index contributed by atoms with van der Waals surface area (Å²) in [5.41, 5.74) is 0.347.